The number of amides is 13. The van der Waals surface area contributed by atoms with Crippen LogP contribution in [0.15, 0.2) is 0 Å². The van der Waals surface area contributed by atoms with E-state index in [1.54, 1.807) is 18.7 Å². The molecule has 2 aliphatic carbocycles. The van der Waals surface area contributed by atoms with Crippen LogP contribution in [0.3, 0.4) is 0 Å². The van der Waals surface area contributed by atoms with Gasteiger partial charge < -0.3 is 65.6 Å². The fourth-order valence-corrected chi connectivity index (χ4v) is 16.2. The summed E-state index contributed by atoms with van der Waals surface area (Å²) in [6, 6.07) is -12.7. The Kier molecular flexibility index (Phi) is 39.7. The molecular formula is C78H136ClN13O16S. The smallest absolute Gasteiger partial charge is 0.248 e. The average Bonchev–Trinajstić information content (AvgIpc) is 0.817. The van der Waals surface area contributed by atoms with Crippen LogP contribution < -0.4 is 26.0 Å². The summed E-state index contributed by atoms with van der Waals surface area (Å²) in [6.07, 6.45) is 8.51. The molecule has 2 unspecified atom stereocenters. The number of carbonyl (C=O) groups excluding carboxylic acids is 13. The third kappa shape index (κ3) is 30.4. The number of sulfonamides is 1. The van der Waals surface area contributed by atoms with E-state index in [2.05, 4.69) is 21.3 Å². The molecule has 4 fully saturated rings. The molecule has 2 saturated carbocycles. The molecular weight excluding hydrogens is 1440 g/mol. The Morgan fingerprint density at radius 1 is 0.505 bits per heavy atom. The van der Waals surface area contributed by atoms with Crippen LogP contribution in [-0.2, 0) is 72.4 Å². The summed E-state index contributed by atoms with van der Waals surface area (Å²) in [4.78, 5) is 207. The van der Waals surface area contributed by atoms with Crippen molar-refractivity contribution in [1.29, 1.82) is 0 Å². The minimum Gasteiger partial charge on any atom is -0.391 e. The number of carbonyl (C=O) groups is 13. The lowest BCUT2D eigenvalue weighted by Crippen LogP contribution is -2.62. The van der Waals surface area contributed by atoms with Crippen LogP contribution in [-0.4, -0.2) is 276 Å². The number of likely N-dealkylation sites (tertiary alicyclic amines) is 1. The van der Waals surface area contributed by atoms with E-state index in [4.69, 9.17) is 11.6 Å². The standard InChI is InChI=1S/C78H136ClN13O16S/c1-18-20-35-91-47-67(96)85(12)63(45-55-31-28-32-56(79)43-55)72(100)80-57(33-34-65(94)84-109(17,107)108)74(102)87(14)62(42-52(9)10)73(101)83-69(53(11)93)78(106)92(36-21-19-2)48-68(97)86(13)64(44-54-29-24-22-25-30-54)77(105)89(16)61(41-51(7)8)71(99)81-58(39-49(3)4)75(103)88(15)60(40-50(5)6)70(98)82-59(46-66(91)95)76(104)90-37-26-23-27-38-90/h49-64,69,93H,18-48H2,1-17H3,(H,80,100)(H,81,99)(H,82,98)(H,83,101)(H,84,94)/t53-,55?,56?,57+,58+,59+,60+,61+,62+,63+,64+,69+/m1/s1. The lowest BCUT2D eigenvalue weighted by Gasteiger charge is -2.39. The normalized spacial score (nSPS) is 26.7. The van der Waals surface area contributed by atoms with Gasteiger partial charge in [-0.05, 0) is 132 Å². The number of likely N-dealkylation sites (N-methyl/N-ethyl adjacent to an activating group) is 5. The first-order chi connectivity index (χ1) is 51.1. The minimum atomic E-state index is -4.13. The van der Waals surface area contributed by atoms with Gasteiger partial charge in [-0.15, -0.1) is 11.6 Å². The molecule has 2 heterocycles. The fraction of sp³-hybridized carbons (Fsp3) is 0.833. The van der Waals surface area contributed by atoms with Crippen LogP contribution >= 0.6 is 11.6 Å². The molecule has 2 saturated heterocycles. The number of rotatable bonds is 24. The quantitative estimate of drug-likeness (QED) is 0.0667. The average molecular weight is 1580 g/mol. The van der Waals surface area contributed by atoms with Crippen LogP contribution in [0.4, 0.5) is 0 Å². The van der Waals surface area contributed by atoms with E-state index in [-0.39, 0.29) is 92.5 Å². The predicted molar refractivity (Wildman–Crippen MR) is 418 cm³/mol. The highest BCUT2D eigenvalue weighted by Gasteiger charge is 2.44. The van der Waals surface area contributed by atoms with E-state index in [1.807, 2.05) is 60.1 Å². The molecule has 0 spiro atoms. The molecule has 0 radical (unpaired) electrons. The fourth-order valence-electron chi connectivity index (χ4n) is 15.3. The number of unbranched alkanes of at least 4 members (excludes halogenated alkanes) is 2. The molecule has 12 atom stereocenters. The first kappa shape index (κ1) is 94.7. The minimum absolute atomic E-state index is 0.00248. The molecule has 13 amide bonds. The summed E-state index contributed by atoms with van der Waals surface area (Å²) in [6.45, 7) is 19.2. The molecule has 109 heavy (non-hydrogen) atoms. The van der Waals surface area contributed by atoms with E-state index < -0.39 is 180 Å². The summed E-state index contributed by atoms with van der Waals surface area (Å²) in [5.74, 6) is -11.1. The Morgan fingerprint density at radius 3 is 1.45 bits per heavy atom. The number of nitrogens with zero attached hydrogens (tertiary/aromatic N) is 8. The maximum absolute atomic E-state index is 15.6. The largest absolute Gasteiger partial charge is 0.391 e. The van der Waals surface area contributed by atoms with Crippen molar-refractivity contribution in [2.75, 3.05) is 80.8 Å². The number of halogens is 1. The molecule has 6 N–H and O–H groups in total. The van der Waals surface area contributed by atoms with Gasteiger partial charge in [-0.3, -0.25) is 67.1 Å². The molecule has 29 nitrogen and oxygen atoms in total. The number of hydrogen-bond donors (Lipinski definition) is 6. The SMILES string of the molecule is CCCCN1CC(=O)N(C)[C@@H](CC2CCCC(Cl)C2)C(=O)N[C@@H](CCC(=O)NS(C)(=O)=O)C(=O)N(C)[C@@H](CC(C)C)C(=O)N[C@@H]([C@@H](C)O)C(=O)N(CCCC)CC(=O)N(C)[C@@H](CC2CCCCC2)C(=O)N(C)[C@@H](CC(C)C)C(=O)N[C@@H](CC(C)C)C(=O)N(C)[C@@H](CC(C)C)C(=O)N[C@H](C(=O)N2CCCCC2)CC1=O. The summed E-state index contributed by atoms with van der Waals surface area (Å²) in [5.41, 5.74) is 0. The van der Waals surface area contributed by atoms with Gasteiger partial charge >= 0.3 is 0 Å². The van der Waals surface area contributed by atoms with Crippen molar-refractivity contribution in [3.8, 4) is 0 Å². The second kappa shape index (κ2) is 45.7. The number of alkyl halides is 1. The van der Waals surface area contributed by atoms with Gasteiger partial charge in [0.2, 0.25) is 86.8 Å². The van der Waals surface area contributed by atoms with Crippen molar-refractivity contribution in [1.82, 2.24) is 65.2 Å². The zero-order valence-corrected chi connectivity index (χ0v) is 70.2. The molecule has 0 aromatic rings. The van der Waals surface area contributed by atoms with Gasteiger partial charge in [0.1, 0.15) is 54.4 Å². The first-order valence-electron chi connectivity index (χ1n) is 40.3. The van der Waals surface area contributed by atoms with Gasteiger partial charge in [0.05, 0.1) is 31.9 Å². The van der Waals surface area contributed by atoms with Crippen LogP contribution in [0, 0.1) is 35.5 Å². The summed E-state index contributed by atoms with van der Waals surface area (Å²) in [7, 11) is 2.93. The molecule has 622 valence electrons. The maximum Gasteiger partial charge on any atom is 0.248 e. The van der Waals surface area contributed by atoms with Crippen LogP contribution in [0.2, 0.25) is 0 Å². The van der Waals surface area contributed by atoms with Crippen molar-refractivity contribution >= 4 is 98.4 Å². The van der Waals surface area contributed by atoms with Crippen molar-refractivity contribution in [2.45, 2.75) is 303 Å². The Labute approximate surface area is 655 Å². The van der Waals surface area contributed by atoms with Gasteiger partial charge in [0, 0.05) is 73.2 Å². The van der Waals surface area contributed by atoms with E-state index in [0.717, 1.165) is 49.7 Å². The van der Waals surface area contributed by atoms with Gasteiger partial charge in [0.25, 0.3) is 0 Å². The molecule has 0 bridgehead atoms. The van der Waals surface area contributed by atoms with E-state index in [1.165, 1.54) is 71.6 Å². The number of hydrogen-bond acceptors (Lipinski definition) is 16. The highest BCUT2D eigenvalue weighted by atomic mass is 35.5. The number of aliphatic hydroxyl groups is 1. The number of nitrogens with one attached hydrogen (secondary N) is 5. The lowest BCUT2D eigenvalue weighted by molar-refractivity contribution is -0.152. The molecule has 2 aliphatic heterocycles. The third-order valence-electron chi connectivity index (χ3n) is 21.8. The maximum atomic E-state index is 15.6. The number of piperidine rings is 1. The van der Waals surface area contributed by atoms with Crippen LogP contribution in [0.1, 0.15) is 237 Å². The van der Waals surface area contributed by atoms with Gasteiger partial charge in [-0.1, -0.05) is 127 Å². The highest BCUT2D eigenvalue weighted by Crippen LogP contribution is 2.33. The molecule has 4 aliphatic rings. The second-order valence-electron chi connectivity index (χ2n) is 33.2. The monoisotopic (exact) mass is 1580 g/mol. The molecule has 0 aromatic heterocycles. The summed E-state index contributed by atoms with van der Waals surface area (Å²) in [5, 5.41) is 22.6. The van der Waals surface area contributed by atoms with E-state index in [9.17, 15) is 23.1 Å². The second-order valence-corrected chi connectivity index (χ2v) is 35.5. The van der Waals surface area contributed by atoms with E-state index in [0.29, 0.717) is 77.3 Å². The topological polar surface area (TPSA) is 362 Å². The molecule has 4 rings (SSSR count). The van der Waals surface area contributed by atoms with Gasteiger partial charge in [0.15, 0.2) is 0 Å². The van der Waals surface area contributed by atoms with Crippen LogP contribution in [0.5, 0.6) is 0 Å². The zero-order chi connectivity index (χ0) is 81.9. The Balaban J connectivity index is 2.05. The summed E-state index contributed by atoms with van der Waals surface area (Å²) >= 11 is 6.76. The van der Waals surface area contributed by atoms with Crippen LogP contribution in [0.25, 0.3) is 0 Å². The van der Waals surface area contributed by atoms with Crippen molar-refractivity contribution in [3.63, 3.8) is 0 Å². The lowest BCUT2D eigenvalue weighted by atomic mass is 9.84. The zero-order valence-electron chi connectivity index (χ0n) is 68.7. The Hall–Kier alpha value is -6.69. The Bertz CT molecular complexity index is 3170. The predicted octanol–water partition coefficient (Wildman–Crippen LogP) is 5.31. The van der Waals surface area contributed by atoms with Gasteiger partial charge in [-0.25, -0.2) is 8.42 Å². The third-order valence-corrected chi connectivity index (χ3v) is 22.8. The van der Waals surface area contributed by atoms with Crippen molar-refractivity contribution in [3.05, 3.63) is 0 Å². The molecule has 31 heteroatoms. The Morgan fingerprint density at radius 2 is 0.945 bits per heavy atom. The molecule has 0 aromatic carbocycles. The highest BCUT2D eigenvalue weighted by molar-refractivity contribution is 7.89. The van der Waals surface area contributed by atoms with Gasteiger partial charge in [-0.2, -0.15) is 0 Å². The summed E-state index contributed by atoms with van der Waals surface area (Å²) < 4.78 is 26.6. The number of aliphatic hydroxyl groups excluding tert-OH is 1. The first-order valence-corrected chi connectivity index (χ1v) is 42.6. The van der Waals surface area contributed by atoms with E-state index >= 15 is 52.7 Å². The van der Waals surface area contributed by atoms with Crippen molar-refractivity contribution < 1.29 is 75.9 Å². The van der Waals surface area contributed by atoms with Crippen molar-refractivity contribution in [2.24, 2.45) is 35.5 Å².